The van der Waals surface area contributed by atoms with Gasteiger partial charge in [0.15, 0.2) is 5.82 Å². The molecular weight excluding hydrogens is 240 g/mol. The monoisotopic (exact) mass is 258 g/mol. The van der Waals surface area contributed by atoms with E-state index in [2.05, 4.69) is 32.7 Å². The highest BCUT2D eigenvalue weighted by Crippen LogP contribution is 2.10. The number of nitrogens with zero attached hydrogens (tertiary/aromatic N) is 5. The zero-order chi connectivity index (χ0) is 13.1. The molecule has 100 valence electrons. The molecule has 1 atom stereocenters. The number of aromatic nitrogens is 4. The maximum absolute atomic E-state index is 4.15. The van der Waals surface area contributed by atoms with Crippen molar-refractivity contribution >= 4 is 0 Å². The summed E-state index contributed by atoms with van der Waals surface area (Å²) in [6.45, 7) is 6.07. The summed E-state index contributed by atoms with van der Waals surface area (Å²) < 4.78 is 1.81. The van der Waals surface area contributed by atoms with Gasteiger partial charge >= 0.3 is 0 Å². The van der Waals surface area contributed by atoms with Crippen molar-refractivity contribution in [1.82, 2.24) is 30.4 Å². The summed E-state index contributed by atoms with van der Waals surface area (Å²) in [5.41, 5.74) is 1.01. The molecule has 2 aromatic rings. The molecule has 0 amide bonds. The highest BCUT2D eigenvalue weighted by Gasteiger charge is 2.18. The van der Waals surface area contributed by atoms with Crippen molar-refractivity contribution in [2.45, 2.75) is 19.5 Å². The zero-order valence-corrected chi connectivity index (χ0v) is 11.0. The van der Waals surface area contributed by atoms with Gasteiger partial charge in [-0.25, -0.2) is 0 Å². The Kier molecular flexibility index (Phi) is 3.52. The number of nitrogens with one attached hydrogen (secondary N) is 1. The summed E-state index contributed by atoms with van der Waals surface area (Å²) >= 11 is 0. The highest BCUT2D eigenvalue weighted by molar-refractivity contribution is 5.30. The molecule has 0 saturated carbocycles. The molecule has 0 aliphatic carbocycles. The zero-order valence-electron chi connectivity index (χ0n) is 11.0. The minimum atomic E-state index is 0.523. The quantitative estimate of drug-likeness (QED) is 0.866. The molecule has 0 spiro atoms. The molecule has 1 aliphatic rings. The summed E-state index contributed by atoms with van der Waals surface area (Å²) in [5, 5.41) is 15.5. The fourth-order valence-electron chi connectivity index (χ4n) is 2.43. The Labute approximate surface area is 112 Å². The fraction of sp³-hybridized carbons (Fsp3) is 0.462. The molecule has 1 aliphatic heterocycles. The van der Waals surface area contributed by atoms with Crippen molar-refractivity contribution in [3.63, 3.8) is 0 Å². The van der Waals surface area contributed by atoms with Crippen LogP contribution >= 0.6 is 0 Å². The van der Waals surface area contributed by atoms with Crippen LogP contribution in [-0.2, 0) is 6.54 Å². The van der Waals surface area contributed by atoms with Gasteiger partial charge in [0.25, 0.3) is 0 Å². The van der Waals surface area contributed by atoms with E-state index in [4.69, 9.17) is 0 Å². The third-order valence-corrected chi connectivity index (χ3v) is 3.35. The van der Waals surface area contributed by atoms with Crippen LogP contribution in [0.2, 0.25) is 0 Å². The van der Waals surface area contributed by atoms with E-state index in [-0.39, 0.29) is 0 Å². The van der Waals surface area contributed by atoms with Crippen LogP contribution in [0.25, 0.3) is 5.69 Å². The molecule has 1 N–H and O–H groups in total. The Bertz CT molecular complexity index is 523. The van der Waals surface area contributed by atoms with Crippen LogP contribution < -0.4 is 5.32 Å². The normalized spacial score (nSPS) is 20.6. The molecule has 6 heteroatoms. The van der Waals surface area contributed by atoms with E-state index in [0.717, 1.165) is 37.7 Å². The van der Waals surface area contributed by atoms with Crippen molar-refractivity contribution in [2.24, 2.45) is 0 Å². The van der Waals surface area contributed by atoms with Crippen LogP contribution in [0.1, 0.15) is 12.7 Å². The lowest BCUT2D eigenvalue weighted by atomic mass is 10.2. The van der Waals surface area contributed by atoms with Crippen LogP contribution in [-0.4, -0.2) is 50.8 Å². The minimum Gasteiger partial charge on any atom is -0.312 e. The molecule has 1 fully saturated rings. The fourth-order valence-corrected chi connectivity index (χ4v) is 2.43. The van der Waals surface area contributed by atoms with E-state index >= 15 is 0 Å². The number of benzene rings is 1. The third kappa shape index (κ3) is 2.80. The first-order valence-electron chi connectivity index (χ1n) is 6.61. The molecular formula is C13H18N6. The average molecular weight is 258 g/mol. The van der Waals surface area contributed by atoms with Crippen LogP contribution in [0.4, 0.5) is 0 Å². The lowest BCUT2D eigenvalue weighted by Crippen LogP contribution is -2.48. The van der Waals surface area contributed by atoms with Crippen LogP contribution in [0.15, 0.2) is 30.3 Å². The van der Waals surface area contributed by atoms with E-state index < -0.39 is 0 Å². The van der Waals surface area contributed by atoms with Gasteiger partial charge in [-0.05, 0) is 29.5 Å². The summed E-state index contributed by atoms with van der Waals surface area (Å²) in [7, 11) is 0. The average Bonchev–Trinajstić information content (AvgIpc) is 2.88. The molecule has 0 unspecified atom stereocenters. The summed E-state index contributed by atoms with van der Waals surface area (Å²) in [6.07, 6.45) is 0. The Balaban J connectivity index is 1.77. The summed E-state index contributed by atoms with van der Waals surface area (Å²) in [6, 6.07) is 10.5. The minimum absolute atomic E-state index is 0.523. The number of rotatable bonds is 3. The Hall–Kier alpha value is -1.79. The van der Waals surface area contributed by atoms with Crippen LogP contribution in [0, 0.1) is 0 Å². The second-order valence-corrected chi connectivity index (χ2v) is 4.93. The lowest BCUT2D eigenvalue weighted by Gasteiger charge is -2.31. The number of para-hydroxylation sites is 1. The molecule has 2 heterocycles. The largest absolute Gasteiger partial charge is 0.312 e. The first kappa shape index (κ1) is 12.3. The van der Waals surface area contributed by atoms with Gasteiger partial charge in [0.1, 0.15) is 0 Å². The maximum Gasteiger partial charge on any atom is 0.170 e. The van der Waals surface area contributed by atoms with Gasteiger partial charge in [0.05, 0.1) is 12.2 Å². The predicted molar refractivity (Wildman–Crippen MR) is 71.9 cm³/mol. The predicted octanol–water partition coefficient (Wildman–Crippen LogP) is 0.456. The van der Waals surface area contributed by atoms with Crippen molar-refractivity contribution in [2.75, 3.05) is 19.6 Å². The van der Waals surface area contributed by atoms with Crippen molar-refractivity contribution < 1.29 is 0 Å². The standard InChI is InChI=1S/C13H18N6/c1-11-9-18(8-7-14-11)10-13-15-16-17-19(13)12-5-3-2-4-6-12/h2-6,11,14H,7-10H2,1H3/t11-/m1/s1. The second kappa shape index (κ2) is 5.46. The molecule has 0 bridgehead atoms. The first-order valence-corrected chi connectivity index (χ1v) is 6.61. The topological polar surface area (TPSA) is 58.9 Å². The van der Waals surface area contributed by atoms with Crippen molar-refractivity contribution in [1.29, 1.82) is 0 Å². The number of tetrazole rings is 1. The molecule has 6 nitrogen and oxygen atoms in total. The van der Waals surface area contributed by atoms with E-state index in [1.54, 1.807) is 0 Å². The highest BCUT2D eigenvalue weighted by atomic mass is 15.5. The second-order valence-electron chi connectivity index (χ2n) is 4.93. The SMILES string of the molecule is C[C@@H]1CN(Cc2nnnn2-c2ccccc2)CCN1. The Morgan fingerprint density at radius 3 is 2.95 bits per heavy atom. The Morgan fingerprint density at radius 1 is 1.32 bits per heavy atom. The number of hydrogen-bond donors (Lipinski definition) is 1. The van der Waals surface area contributed by atoms with E-state index in [9.17, 15) is 0 Å². The number of piperazine rings is 1. The van der Waals surface area contributed by atoms with Gasteiger partial charge in [-0.3, -0.25) is 4.90 Å². The maximum atomic E-state index is 4.15. The van der Waals surface area contributed by atoms with Gasteiger partial charge < -0.3 is 5.32 Å². The van der Waals surface area contributed by atoms with E-state index in [1.807, 2.05) is 35.0 Å². The third-order valence-electron chi connectivity index (χ3n) is 3.35. The van der Waals surface area contributed by atoms with Gasteiger partial charge in [-0.15, -0.1) is 5.10 Å². The first-order chi connectivity index (χ1) is 9.33. The molecule has 1 aromatic carbocycles. The van der Waals surface area contributed by atoms with Gasteiger partial charge in [-0.1, -0.05) is 18.2 Å². The van der Waals surface area contributed by atoms with Crippen LogP contribution in [0.5, 0.6) is 0 Å². The molecule has 1 saturated heterocycles. The molecule has 3 rings (SSSR count). The van der Waals surface area contributed by atoms with E-state index in [1.165, 1.54) is 0 Å². The number of hydrogen-bond acceptors (Lipinski definition) is 5. The van der Waals surface area contributed by atoms with Crippen molar-refractivity contribution in [3.8, 4) is 5.69 Å². The van der Waals surface area contributed by atoms with Gasteiger partial charge in [-0.2, -0.15) is 4.68 Å². The summed E-state index contributed by atoms with van der Waals surface area (Å²) in [4.78, 5) is 2.38. The van der Waals surface area contributed by atoms with Gasteiger partial charge in [0.2, 0.25) is 0 Å². The Morgan fingerprint density at radius 2 is 2.16 bits per heavy atom. The van der Waals surface area contributed by atoms with E-state index in [0.29, 0.717) is 6.04 Å². The smallest absolute Gasteiger partial charge is 0.170 e. The van der Waals surface area contributed by atoms with Gasteiger partial charge in [0, 0.05) is 25.7 Å². The molecule has 1 aromatic heterocycles. The summed E-state index contributed by atoms with van der Waals surface area (Å²) in [5.74, 6) is 0.889. The molecule has 0 radical (unpaired) electrons. The van der Waals surface area contributed by atoms with Crippen LogP contribution in [0.3, 0.4) is 0 Å². The molecule has 19 heavy (non-hydrogen) atoms. The lowest BCUT2D eigenvalue weighted by molar-refractivity contribution is 0.194. The van der Waals surface area contributed by atoms with Crippen molar-refractivity contribution in [3.05, 3.63) is 36.2 Å².